The molecule has 0 fully saturated rings. The van der Waals surface area contributed by atoms with Gasteiger partial charge in [0.2, 0.25) is 0 Å². The molecule has 3 aromatic rings. The summed E-state index contributed by atoms with van der Waals surface area (Å²) in [6, 6.07) is 19.4. The fourth-order valence-electron chi connectivity index (χ4n) is 3.43. The fraction of sp³-hybridized carbons (Fsp3) is 0.261. The fourth-order valence-corrected chi connectivity index (χ4v) is 3.43. The lowest BCUT2D eigenvalue weighted by atomic mass is 10.0. The van der Waals surface area contributed by atoms with Crippen molar-refractivity contribution in [2.45, 2.75) is 26.1 Å². The third-order valence-corrected chi connectivity index (χ3v) is 4.95. The van der Waals surface area contributed by atoms with Gasteiger partial charge < -0.3 is 9.47 Å². The van der Waals surface area contributed by atoms with Gasteiger partial charge in [-0.25, -0.2) is 9.37 Å². The maximum Gasteiger partial charge on any atom is 0.250 e. The molecule has 2 heterocycles. The van der Waals surface area contributed by atoms with E-state index < -0.39 is 5.82 Å². The summed E-state index contributed by atoms with van der Waals surface area (Å²) in [5.74, 6) is 0.446. The number of nitrogens with zero attached hydrogens (tertiary/aromatic N) is 2. The van der Waals surface area contributed by atoms with Crippen LogP contribution in [0.25, 0.3) is 0 Å². The third kappa shape index (κ3) is 4.31. The van der Waals surface area contributed by atoms with Gasteiger partial charge in [-0.2, -0.15) is 0 Å². The van der Waals surface area contributed by atoms with Gasteiger partial charge >= 0.3 is 0 Å². The average Bonchev–Trinajstić information content (AvgIpc) is 2.73. The van der Waals surface area contributed by atoms with Crippen LogP contribution in [0.15, 0.2) is 60.7 Å². The highest BCUT2D eigenvalue weighted by atomic mass is 19.1. The summed E-state index contributed by atoms with van der Waals surface area (Å²) in [7, 11) is 1.62. The predicted octanol–water partition coefficient (Wildman–Crippen LogP) is 4.37. The van der Waals surface area contributed by atoms with Gasteiger partial charge in [-0.3, -0.25) is 4.90 Å². The third-order valence-electron chi connectivity index (χ3n) is 4.95. The highest BCUT2D eigenvalue weighted by Gasteiger charge is 2.21. The Morgan fingerprint density at radius 1 is 1.04 bits per heavy atom. The van der Waals surface area contributed by atoms with E-state index in [2.05, 4.69) is 22.0 Å². The quantitative estimate of drug-likeness (QED) is 0.638. The zero-order valence-electron chi connectivity index (χ0n) is 15.9. The number of aromatic nitrogens is 1. The molecule has 1 aliphatic heterocycles. The van der Waals surface area contributed by atoms with Crippen molar-refractivity contribution >= 4 is 0 Å². The molecular weight excluding hydrogens is 355 g/mol. The maximum absolute atomic E-state index is 14.5. The Morgan fingerprint density at radius 3 is 2.57 bits per heavy atom. The van der Waals surface area contributed by atoms with Crippen LogP contribution in [0, 0.1) is 5.82 Å². The highest BCUT2D eigenvalue weighted by molar-refractivity contribution is 5.31. The van der Waals surface area contributed by atoms with Gasteiger partial charge in [0.15, 0.2) is 5.82 Å². The van der Waals surface area contributed by atoms with Crippen molar-refractivity contribution in [3.05, 3.63) is 88.9 Å². The van der Waals surface area contributed by atoms with Crippen LogP contribution >= 0.6 is 0 Å². The van der Waals surface area contributed by atoms with E-state index in [1.165, 1.54) is 5.56 Å². The van der Waals surface area contributed by atoms with Crippen LogP contribution < -0.4 is 9.47 Å². The van der Waals surface area contributed by atoms with Gasteiger partial charge in [-0.05, 0) is 34.9 Å². The average molecular weight is 378 g/mol. The Morgan fingerprint density at radius 2 is 1.82 bits per heavy atom. The largest absolute Gasteiger partial charge is 0.497 e. The predicted molar refractivity (Wildman–Crippen MR) is 106 cm³/mol. The normalized spacial score (nSPS) is 13.8. The summed E-state index contributed by atoms with van der Waals surface area (Å²) in [4.78, 5) is 6.77. The van der Waals surface area contributed by atoms with E-state index in [0.29, 0.717) is 6.54 Å². The van der Waals surface area contributed by atoms with Crippen molar-refractivity contribution in [2.24, 2.45) is 0 Å². The second-order valence-corrected chi connectivity index (χ2v) is 6.96. The molecule has 5 heteroatoms. The molecule has 4 rings (SSSR count). The SMILES string of the molecule is COc1ccc(COc2nc3c(cc2F)CN(Cc2ccccc2)CC3)cc1. The Balaban J connectivity index is 1.42. The zero-order chi connectivity index (χ0) is 19.3. The Hall–Kier alpha value is -2.92. The van der Waals surface area contributed by atoms with Gasteiger partial charge in [-0.1, -0.05) is 42.5 Å². The second kappa shape index (κ2) is 8.40. The number of pyridine rings is 1. The van der Waals surface area contributed by atoms with Crippen LogP contribution in [0.4, 0.5) is 4.39 Å². The summed E-state index contributed by atoms with van der Waals surface area (Å²) in [6.45, 7) is 2.73. The van der Waals surface area contributed by atoms with Crippen molar-refractivity contribution in [3.8, 4) is 11.6 Å². The van der Waals surface area contributed by atoms with Crippen molar-refractivity contribution < 1.29 is 13.9 Å². The molecule has 0 atom stereocenters. The number of fused-ring (bicyclic) bond motifs is 1. The molecule has 0 saturated heterocycles. The van der Waals surface area contributed by atoms with Gasteiger partial charge in [0.25, 0.3) is 5.88 Å². The molecule has 0 amide bonds. The Labute approximate surface area is 164 Å². The van der Waals surface area contributed by atoms with Crippen LogP contribution in [-0.4, -0.2) is 23.5 Å². The van der Waals surface area contributed by atoms with E-state index in [1.807, 2.05) is 42.5 Å². The van der Waals surface area contributed by atoms with E-state index in [9.17, 15) is 4.39 Å². The van der Waals surface area contributed by atoms with E-state index in [4.69, 9.17) is 9.47 Å². The molecular formula is C23H23FN2O2. The maximum atomic E-state index is 14.5. The number of rotatable bonds is 6. The van der Waals surface area contributed by atoms with Gasteiger partial charge in [0.1, 0.15) is 12.4 Å². The number of ether oxygens (including phenoxy) is 2. The number of benzene rings is 2. The molecule has 0 saturated carbocycles. The van der Waals surface area contributed by atoms with E-state index in [-0.39, 0.29) is 12.5 Å². The van der Waals surface area contributed by atoms with Crippen LogP contribution in [0.2, 0.25) is 0 Å². The van der Waals surface area contributed by atoms with Crippen LogP contribution in [0.1, 0.15) is 22.4 Å². The van der Waals surface area contributed by atoms with Crippen LogP contribution in [0.5, 0.6) is 11.6 Å². The molecule has 0 aliphatic carbocycles. The van der Waals surface area contributed by atoms with Gasteiger partial charge in [-0.15, -0.1) is 0 Å². The number of hydrogen-bond acceptors (Lipinski definition) is 4. The second-order valence-electron chi connectivity index (χ2n) is 6.96. The number of hydrogen-bond donors (Lipinski definition) is 0. The minimum absolute atomic E-state index is 0.0751. The van der Waals surface area contributed by atoms with Crippen molar-refractivity contribution in [3.63, 3.8) is 0 Å². The monoisotopic (exact) mass is 378 g/mol. The summed E-state index contributed by atoms with van der Waals surface area (Å²) >= 11 is 0. The molecule has 1 aromatic heterocycles. The molecule has 0 spiro atoms. The molecule has 0 bridgehead atoms. The lowest BCUT2D eigenvalue weighted by Gasteiger charge is -2.28. The van der Waals surface area contributed by atoms with Gasteiger partial charge in [0.05, 0.1) is 12.8 Å². The summed E-state index contributed by atoms with van der Waals surface area (Å²) in [5.41, 5.74) is 4.07. The molecule has 28 heavy (non-hydrogen) atoms. The number of halogens is 1. The van der Waals surface area contributed by atoms with Crippen molar-refractivity contribution in [1.29, 1.82) is 0 Å². The summed E-state index contributed by atoms with van der Waals surface area (Å²) < 4.78 is 25.3. The lowest BCUT2D eigenvalue weighted by molar-refractivity contribution is 0.237. The first-order valence-electron chi connectivity index (χ1n) is 9.41. The zero-order valence-corrected chi connectivity index (χ0v) is 15.9. The standard InChI is InChI=1S/C23H23FN2O2/c1-27-20-9-7-18(8-10-20)16-28-23-21(24)13-19-15-26(12-11-22(19)25-23)14-17-5-3-2-4-6-17/h2-10,13H,11-12,14-16H2,1H3. The molecule has 4 nitrogen and oxygen atoms in total. The van der Waals surface area contributed by atoms with Gasteiger partial charge in [0, 0.05) is 26.1 Å². The molecule has 0 radical (unpaired) electrons. The Kier molecular flexibility index (Phi) is 5.53. The first-order valence-corrected chi connectivity index (χ1v) is 9.41. The molecule has 0 unspecified atom stereocenters. The first-order chi connectivity index (χ1) is 13.7. The van der Waals surface area contributed by atoms with E-state index in [0.717, 1.165) is 42.1 Å². The minimum atomic E-state index is -0.408. The topological polar surface area (TPSA) is 34.6 Å². The van der Waals surface area contributed by atoms with Crippen LogP contribution in [-0.2, 0) is 26.1 Å². The number of methoxy groups -OCH3 is 1. The summed E-state index contributed by atoms with van der Waals surface area (Å²) in [6.07, 6.45) is 0.793. The Bertz CT molecular complexity index is 929. The lowest BCUT2D eigenvalue weighted by Crippen LogP contribution is -2.30. The first kappa shape index (κ1) is 18.4. The smallest absolute Gasteiger partial charge is 0.250 e. The molecule has 2 aromatic carbocycles. The minimum Gasteiger partial charge on any atom is -0.497 e. The van der Waals surface area contributed by atoms with Crippen molar-refractivity contribution in [2.75, 3.05) is 13.7 Å². The molecule has 1 aliphatic rings. The summed E-state index contributed by atoms with van der Waals surface area (Å²) in [5, 5.41) is 0. The van der Waals surface area contributed by atoms with Crippen LogP contribution in [0.3, 0.4) is 0 Å². The molecule has 144 valence electrons. The van der Waals surface area contributed by atoms with E-state index in [1.54, 1.807) is 13.2 Å². The van der Waals surface area contributed by atoms with Crippen molar-refractivity contribution in [1.82, 2.24) is 9.88 Å². The van der Waals surface area contributed by atoms with E-state index >= 15 is 0 Å². The molecule has 0 N–H and O–H groups in total. The highest BCUT2D eigenvalue weighted by Crippen LogP contribution is 2.25.